The monoisotopic (exact) mass is 288 g/mol. The molecule has 0 amide bonds. The Hall–Kier alpha value is -2.47. The van der Waals surface area contributed by atoms with Gasteiger partial charge in [-0.25, -0.2) is 4.39 Å². The highest BCUT2D eigenvalue weighted by atomic mass is 19.1. The molecular formula is C15H17FN4O. The first-order chi connectivity index (χ1) is 10.1. The molecule has 0 unspecified atom stereocenters. The van der Waals surface area contributed by atoms with Crippen LogP contribution in [0.3, 0.4) is 0 Å². The van der Waals surface area contributed by atoms with Crippen LogP contribution in [0.1, 0.15) is 16.8 Å². The predicted octanol–water partition coefficient (Wildman–Crippen LogP) is 1.95. The van der Waals surface area contributed by atoms with E-state index in [9.17, 15) is 4.39 Å². The van der Waals surface area contributed by atoms with E-state index in [1.54, 1.807) is 12.3 Å². The van der Waals surface area contributed by atoms with Gasteiger partial charge in [0.2, 0.25) is 0 Å². The van der Waals surface area contributed by atoms with Crippen molar-refractivity contribution in [3.05, 3.63) is 65.2 Å². The van der Waals surface area contributed by atoms with Crippen LogP contribution < -0.4 is 5.73 Å². The van der Waals surface area contributed by atoms with Crippen LogP contribution in [0, 0.1) is 5.82 Å². The summed E-state index contributed by atoms with van der Waals surface area (Å²) in [4.78, 5) is 6.26. The standard InChI is InChI=1S/C15H17FN4O/c1-20(10-14-4-2-3-5-18-14)9-11-6-12(15(17)19-21)8-13(16)7-11/h2-8,21H,9-10H2,1H3,(H2,17,19). The summed E-state index contributed by atoms with van der Waals surface area (Å²) < 4.78 is 13.6. The lowest BCUT2D eigenvalue weighted by Gasteiger charge is -2.16. The van der Waals surface area contributed by atoms with E-state index in [0.717, 1.165) is 11.3 Å². The van der Waals surface area contributed by atoms with Crippen LogP contribution in [0.2, 0.25) is 0 Å². The van der Waals surface area contributed by atoms with E-state index >= 15 is 0 Å². The number of benzene rings is 1. The van der Waals surface area contributed by atoms with E-state index in [4.69, 9.17) is 10.9 Å². The van der Waals surface area contributed by atoms with Crippen LogP contribution >= 0.6 is 0 Å². The maximum absolute atomic E-state index is 13.6. The van der Waals surface area contributed by atoms with Crippen molar-refractivity contribution < 1.29 is 9.60 Å². The first-order valence-electron chi connectivity index (χ1n) is 6.44. The first kappa shape index (κ1) is 14.9. The lowest BCUT2D eigenvalue weighted by molar-refractivity contribution is 0.314. The van der Waals surface area contributed by atoms with E-state index < -0.39 is 5.82 Å². The quantitative estimate of drug-likeness (QED) is 0.382. The van der Waals surface area contributed by atoms with Gasteiger partial charge in [0.1, 0.15) is 5.82 Å². The number of oxime groups is 1. The minimum atomic E-state index is -0.416. The number of pyridine rings is 1. The fraction of sp³-hybridized carbons (Fsp3) is 0.200. The lowest BCUT2D eigenvalue weighted by Crippen LogP contribution is -2.19. The fourth-order valence-electron chi connectivity index (χ4n) is 2.08. The summed E-state index contributed by atoms with van der Waals surface area (Å²) in [5, 5.41) is 11.6. The maximum atomic E-state index is 13.6. The Morgan fingerprint density at radius 3 is 2.81 bits per heavy atom. The average Bonchev–Trinajstić information content (AvgIpc) is 2.46. The van der Waals surface area contributed by atoms with Gasteiger partial charge in [0.25, 0.3) is 0 Å². The summed E-state index contributed by atoms with van der Waals surface area (Å²) in [7, 11) is 1.92. The second-order valence-electron chi connectivity index (χ2n) is 4.83. The lowest BCUT2D eigenvalue weighted by atomic mass is 10.1. The highest BCUT2D eigenvalue weighted by molar-refractivity contribution is 5.97. The van der Waals surface area contributed by atoms with Crippen molar-refractivity contribution in [2.45, 2.75) is 13.1 Å². The molecule has 21 heavy (non-hydrogen) atoms. The Bertz CT molecular complexity index is 631. The molecule has 0 saturated heterocycles. The molecule has 2 rings (SSSR count). The molecule has 0 saturated carbocycles. The van der Waals surface area contributed by atoms with Crippen molar-refractivity contribution in [3.63, 3.8) is 0 Å². The molecule has 0 bridgehead atoms. The number of aromatic nitrogens is 1. The van der Waals surface area contributed by atoms with Gasteiger partial charge >= 0.3 is 0 Å². The SMILES string of the molecule is CN(Cc1cc(F)cc(/C(N)=N/O)c1)Cc1ccccn1. The van der Waals surface area contributed by atoms with Gasteiger partial charge in [0.05, 0.1) is 5.69 Å². The second-order valence-corrected chi connectivity index (χ2v) is 4.83. The number of nitrogens with zero attached hydrogens (tertiary/aromatic N) is 3. The van der Waals surface area contributed by atoms with Crippen LogP contribution in [0.4, 0.5) is 4.39 Å². The normalized spacial score (nSPS) is 11.9. The summed E-state index contributed by atoms with van der Waals surface area (Å²) in [6.45, 7) is 1.18. The Labute approximate surface area is 122 Å². The molecule has 6 heteroatoms. The van der Waals surface area contributed by atoms with Gasteiger partial charge < -0.3 is 10.9 Å². The summed E-state index contributed by atoms with van der Waals surface area (Å²) in [5.41, 5.74) is 7.54. The molecule has 2 aromatic rings. The summed E-state index contributed by atoms with van der Waals surface area (Å²) in [6, 6.07) is 10.1. The maximum Gasteiger partial charge on any atom is 0.170 e. The molecule has 1 aromatic carbocycles. The minimum Gasteiger partial charge on any atom is -0.409 e. The highest BCUT2D eigenvalue weighted by Crippen LogP contribution is 2.12. The Morgan fingerprint density at radius 1 is 1.33 bits per heavy atom. The van der Waals surface area contributed by atoms with Crippen molar-refractivity contribution in [3.8, 4) is 0 Å². The van der Waals surface area contributed by atoms with Crippen molar-refractivity contribution in [2.75, 3.05) is 7.05 Å². The molecule has 0 fully saturated rings. The van der Waals surface area contributed by atoms with Gasteiger partial charge in [0.15, 0.2) is 5.84 Å². The molecule has 110 valence electrons. The number of nitrogens with two attached hydrogens (primary N) is 1. The highest BCUT2D eigenvalue weighted by Gasteiger charge is 2.08. The van der Waals surface area contributed by atoms with Crippen molar-refractivity contribution in [2.24, 2.45) is 10.9 Å². The third-order valence-corrected chi connectivity index (χ3v) is 2.97. The zero-order chi connectivity index (χ0) is 15.2. The van der Waals surface area contributed by atoms with Gasteiger partial charge in [-0.15, -0.1) is 0 Å². The predicted molar refractivity (Wildman–Crippen MR) is 78.3 cm³/mol. The van der Waals surface area contributed by atoms with E-state index in [2.05, 4.69) is 10.1 Å². The Kier molecular flexibility index (Phi) is 4.84. The average molecular weight is 288 g/mol. The molecule has 1 heterocycles. The summed E-state index contributed by atoms with van der Waals surface area (Å²) in [5.74, 6) is -0.525. The minimum absolute atomic E-state index is 0.108. The van der Waals surface area contributed by atoms with Gasteiger partial charge in [-0.3, -0.25) is 9.88 Å². The third-order valence-electron chi connectivity index (χ3n) is 2.97. The molecule has 0 atom stereocenters. The van der Waals surface area contributed by atoms with Crippen molar-refractivity contribution in [1.82, 2.24) is 9.88 Å². The number of rotatable bonds is 5. The molecule has 0 spiro atoms. The molecule has 5 nitrogen and oxygen atoms in total. The zero-order valence-electron chi connectivity index (χ0n) is 11.7. The van der Waals surface area contributed by atoms with E-state index in [0.29, 0.717) is 18.7 Å². The number of hydrogen-bond acceptors (Lipinski definition) is 4. The number of hydrogen-bond donors (Lipinski definition) is 2. The zero-order valence-corrected chi connectivity index (χ0v) is 11.7. The number of halogens is 1. The summed E-state index contributed by atoms with van der Waals surface area (Å²) >= 11 is 0. The molecule has 0 aliphatic heterocycles. The van der Waals surface area contributed by atoms with E-state index in [1.165, 1.54) is 12.1 Å². The van der Waals surface area contributed by atoms with Crippen molar-refractivity contribution >= 4 is 5.84 Å². The second kappa shape index (κ2) is 6.81. The van der Waals surface area contributed by atoms with Gasteiger partial charge in [-0.1, -0.05) is 11.2 Å². The van der Waals surface area contributed by atoms with Crippen LogP contribution in [0.15, 0.2) is 47.8 Å². The Morgan fingerprint density at radius 2 is 2.14 bits per heavy atom. The fourth-order valence-corrected chi connectivity index (χ4v) is 2.08. The third kappa shape index (κ3) is 4.25. The van der Waals surface area contributed by atoms with E-state index in [-0.39, 0.29) is 5.84 Å². The largest absolute Gasteiger partial charge is 0.409 e. The van der Waals surface area contributed by atoms with Gasteiger partial charge in [0, 0.05) is 24.8 Å². The van der Waals surface area contributed by atoms with Crippen molar-refractivity contribution in [1.29, 1.82) is 0 Å². The molecule has 0 aliphatic carbocycles. The molecular weight excluding hydrogens is 271 g/mol. The van der Waals surface area contributed by atoms with Gasteiger partial charge in [-0.2, -0.15) is 0 Å². The molecule has 0 radical (unpaired) electrons. The molecule has 1 aromatic heterocycles. The van der Waals surface area contributed by atoms with E-state index in [1.807, 2.05) is 30.1 Å². The number of amidine groups is 1. The van der Waals surface area contributed by atoms with Crippen LogP contribution in [-0.2, 0) is 13.1 Å². The van der Waals surface area contributed by atoms with Crippen LogP contribution in [0.5, 0.6) is 0 Å². The Balaban J connectivity index is 2.10. The molecule has 3 N–H and O–H groups in total. The summed E-state index contributed by atoms with van der Waals surface area (Å²) in [6.07, 6.45) is 1.74. The topological polar surface area (TPSA) is 74.7 Å². The first-order valence-corrected chi connectivity index (χ1v) is 6.44. The van der Waals surface area contributed by atoms with Crippen LogP contribution in [0.25, 0.3) is 0 Å². The smallest absolute Gasteiger partial charge is 0.170 e. The molecule has 0 aliphatic rings. The van der Waals surface area contributed by atoms with Crippen LogP contribution in [-0.4, -0.2) is 28.0 Å². The van der Waals surface area contributed by atoms with Gasteiger partial charge in [-0.05, 0) is 42.9 Å².